The predicted octanol–water partition coefficient (Wildman–Crippen LogP) is 3.92. The van der Waals surface area contributed by atoms with E-state index in [0.717, 1.165) is 50.6 Å². The fourth-order valence-corrected chi connectivity index (χ4v) is 2.20. The van der Waals surface area contributed by atoms with Gasteiger partial charge in [-0.05, 0) is 56.0 Å². The first-order chi connectivity index (χ1) is 9.26. The molecule has 1 rings (SSSR count). The maximum Gasteiger partial charge on any atom is 0.0469 e. The first-order valence-corrected chi connectivity index (χ1v) is 7.67. The molecule has 0 aromatic heterocycles. The van der Waals surface area contributed by atoms with Crippen LogP contribution in [0.3, 0.4) is 0 Å². The minimum Gasteiger partial charge on any atom is -0.381 e. The van der Waals surface area contributed by atoms with E-state index in [0.29, 0.717) is 5.92 Å². The number of hydrogen-bond donors (Lipinski definition) is 1. The first-order valence-electron chi connectivity index (χ1n) is 7.29. The monoisotopic (exact) mass is 283 g/mol. The van der Waals surface area contributed by atoms with Gasteiger partial charge in [-0.15, -0.1) is 0 Å². The third-order valence-electron chi connectivity index (χ3n) is 3.14. The third kappa shape index (κ3) is 7.56. The van der Waals surface area contributed by atoms with Gasteiger partial charge in [0.15, 0.2) is 0 Å². The van der Waals surface area contributed by atoms with Crippen LogP contribution in [0.15, 0.2) is 24.3 Å². The van der Waals surface area contributed by atoms with Crippen molar-refractivity contribution in [2.45, 2.75) is 33.1 Å². The van der Waals surface area contributed by atoms with E-state index in [2.05, 4.69) is 31.3 Å². The molecule has 0 aliphatic rings. The number of hydrogen-bond acceptors (Lipinski definition) is 2. The Morgan fingerprint density at radius 1 is 1.16 bits per heavy atom. The predicted molar refractivity (Wildman–Crippen MR) is 82.9 cm³/mol. The molecule has 2 nitrogen and oxygen atoms in total. The summed E-state index contributed by atoms with van der Waals surface area (Å²) in [6.07, 6.45) is 3.28. The maximum atomic E-state index is 5.92. The summed E-state index contributed by atoms with van der Waals surface area (Å²) in [4.78, 5) is 0. The Hall–Kier alpha value is -0.570. The van der Waals surface area contributed by atoms with Crippen LogP contribution in [-0.4, -0.2) is 26.3 Å². The van der Waals surface area contributed by atoms with Crippen molar-refractivity contribution in [1.82, 2.24) is 5.32 Å². The molecule has 1 aromatic rings. The van der Waals surface area contributed by atoms with Crippen LogP contribution >= 0.6 is 11.6 Å². The molecule has 108 valence electrons. The summed E-state index contributed by atoms with van der Waals surface area (Å²) in [7, 11) is 0. The van der Waals surface area contributed by atoms with Gasteiger partial charge >= 0.3 is 0 Å². The summed E-state index contributed by atoms with van der Waals surface area (Å²) >= 11 is 5.92. The summed E-state index contributed by atoms with van der Waals surface area (Å²) in [6.45, 7) is 8.09. The minimum atomic E-state index is 0.623. The largest absolute Gasteiger partial charge is 0.381 e. The third-order valence-corrected chi connectivity index (χ3v) is 3.39. The molecular formula is C16H26ClNO. The highest BCUT2D eigenvalue weighted by Gasteiger charge is 2.09. The van der Waals surface area contributed by atoms with Crippen molar-refractivity contribution in [3.8, 4) is 0 Å². The van der Waals surface area contributed by atoms with Crippen molar-refractivity contribution in [3.05, 3.63) is 34.9 Å². The van der Waals surface area contributed by atoms with Gasteiger partial charge in [0, 0.05) is 18.2 Å². The van der Waals surface area contributed by atoms with Crippen molar-refractivity contribution in [3.63, 3.8) is 0 Å². The van der Waals surface area contributed by atoms with Crippen molar-refractivity contribution in [2.24, 2.45) is 5.92 Å². The summed E-state index contributed by atoms with van der Waals surface area (Å²) < 4.78 is 5.60. The molecule has 3 heteroatoms. The summed E-state index contributed by atoms with van der Waals surface area (Å²) in [5.41, 5.74) is 1.35. The molecule has 0 aliphatic heterocycles. The van der Waals surface area contributed by atoms with Crippen molar-refractivity contribution < 1.29 is 4.74 Å². The molecule has 19 heavy (non-hydrogen) atoms. The second-order valence-electron chi connectivity index (χ2n) is 4.91. The minimum absolute atomic E-state index is 0.623. The Balaban J connectivity index is 2.41. The highest BCUT2D eigenvalue weighted by molar-refractivity contribution is 6.30. The smallest absolute Gasteiger partial charge is 0.0469 e. The van der Waals surface area contributed by atoms with E-state index >= 15 is 0 Å². The summed E-state index contributed by atoms with van der Waals surface area (Å²) in [6, 6.07) is 8.17. The Morgan fingerprint density at radius 2 is 1.89 bits per heavy atom. The lowest BCUT2D eigenvalue weighted by atomic mass is 9.96. The molecule has 0 spiro atoms. The van der Waals surface area contributed by atoms with Crippen LogP contribution in [0.5, 0.6) is 0 Å². The van der Waals surface area contributed by atoms with Gasteiger partial charge in [0.1, 0.15) is 0 Å². The van der Waals surface area contributed by atoms with Crippen LogP contribution in [0.1, 0.15) is 32.3 Å². The zero-order valence-corrected chi connectivity index (χ0v) is 12.9. The van der Waals surface area contributed by atoms with E-state index in [1.165, 1.54) is 5.56 Å². The first kappa shape index (κ1) is 16.5. The van der Waals surface area contributed by atoms with Gasteiger partial charge in [0.25, 0.3) is 0 Å². The zero-order valence-electron chi connectivity index (χ0n) is 12.1. The van der Waals surface area contributed by atoms with E-state index in [9.17, 15) is 0 Å². The fourth-order valence-electron chi connectivity index (χ4n) is 2.07. The van der Waals surface area contributed by atoms with E-state index in [1.807, 2.05) is 12.1 Å². The Bertz CT molecular complexity index is 326. The lowest BCUT2D eigenvalue weighted by molar-refractivity contribution is 0.120. The molecule has 0 amide bonds. The van der Waals surface area contributed by atoms with Gasteiger partial charge in [-0.3, -0.25) is 0 Å². The van der Waals surface area contributed by atoms with Crippen molar-refractivity contribution in [2.75, 3.05) is 26.3 Å². The van der Waals surface area contributed by atoms with Crippen LogP contribution in [0.4, 0.5) is 0 Å². The SMILES string of the molecule is CCCOCCC(CNCC)Cc1ccc(Cl)cc1. The molecule has 0 fully saturated rings. The highest BCUT2D eigenvalue weighted by atomic mass is 35.5. The Kier molecular flexibility index (Phi) is 8.89. The van der Waals surface area contributed by atoms with Crippen LogP contribution in [0.2, 0.25) is 5.02 Å². The van der Waals surface area contributed by atoms with Gasteiger partial charge in [0.05, 0.1) is 0 Å². The van der Waals surface area contributed by atoms with Crippen molar-refractivity contribution >= 4 is 11.6 Å². The molecule has 0 aliphatic carbocycles. The standard InChI is InChI=1S/C16H26ClNO/c1-3-10-19-11-9-15(13-18-4-2)12-14-5-7-16(17)8-6-14/h5-8,15,18H,3-4,9-13H2,1-2H3. The molecule has 1 unspecified atom stereocenters. The second kappa shape index (κ2) is 10.2. The highest BCUT2D eigenvalue weighted by Crippen LogP contribution is 2.15. The van der Waals surface area contributed by atoms with E-state index in [-0.39, 0.29) is 0 Å². The van der Waals surface area contributed by atoms with Crippen LogP contribution in [0, 0.1) is 5.92 Å². The van der Waals surface area contributed by atoms with E-state index < -0.39 is 0 Å². The summed E-state index contributed by atoms with van der Waals surface area (Å²) in [5.74, 6) is 0.623. The molecule has 0 saturated carbocycles. The van der Waals surface area contributed by atoms with E-state index in [1.54, 1.807) is 0 Å². The van der Waals surface area contributed by atoms with Crippen LogP contribution in [-0.2, 0) is 11.2 Å². The Morgan fingerprint density at radius 3 is 2.53 bits per heavy atom. The molecule has 0 bridgehead atoms. The lowest BCUT2D eigenvalue weighted by Crippen LogP contribution is -2.25. The quantitative estimate of drug-likeness (QED) is 0.657. The van der Waals surface area contributed by atoms with Gasteiger partial charge in [0.2, 0.25) is 0 Å². The average Bonchev–Trinajstić information content (AvgIpc) is 2.43. The van der Waals surface area contributed by atoms with Crippen LogP contribution in [0.25, 0.3) is 0 Å². The van der Waals surface area contributed by atoms with Crippen LogP contribution < -0.4 is 5.32 Å². The molecule has 1 atom stereocenters. The van der Waals surface area contributed by atoms with Gasteiger partial charge in [-0.2, -0.15) is 0 Å². The number of nitrogens with one attached hydrogen (secondary N) is 1. The van der Waals surface area contributed by atoms with E-state index in [4.69, 9.17) is 16.3 Å². The molecule has 0 heterocycles. The topological polar surface area (TPSA) is 21.3 Å². The number of benzene rings is 1. The molecule has 1 aromatic carbocycles. The molecule has 0 saturated heterocycles. The lowest BCUT2D eigenvalue weighted by Gasteiger charge is -2.17. The number of ether oxygens (including phenoxy) is 1. The zero-order chi connectivity index (χ0) is 13.9. The second-order valence-corrected chi connectivity index (χ2v) is 5.34. The number of halogens is 1. The average molecular weight is 284 g/mol. The van der Waals surface area contributed by atoms with Gasteiger partial charge in [-0.1, -0.05) is 37.6 Å². The number of rotatable bonds is 10. The molecule has 1 N–H and O–H groups in total. The van der Waals surface area contributed by atoms with Crippen molar-refractivity contribution in [1.29, 1.82) is 0 Å². The van der Waals surface area contributed by atoms with Gasteiger partial charge < -0.3 is 10.1 Å². The normalized spacial score (nSPS) is 12.6. The molecule has 0 radical (unpaired) electrons. The summed E-state index contributed by atoms with van der Waals surface area (Å²) in [5, 5.41) is 4.24. The maximum absolute atomic E-state index is 5.92. The van der Waals surface area contributed by atoms with Gasteiger partial charge in [-0.25, -0.2) is 0 Å². The fraction of sp³-hybridized carbons (Fsp3) is 0.625. The molecular weight excluding hydrogens is 258 g/mol. The Labute approximate surface area is 122 Å².